The highest BCUT2D eigenvalue weighted by molar-refractivity contribution is 7.80. The van der Waals surface area contributed by atoms with E-state index in [1.54, 1.807) is 18.4 Å². The van der Waals surface area contributed by atoms with E-state index in [1.165, 1.54) is 10.4 Å². The van der Waals surface area contributed by atoms with Crippen LogP contribution in [0.15, 0.2) is 41.8 Å². The largest absolute Gasteiger partial charge is 0.383 e. The fraction of sp³-hybridized carbons (Fsp3) is 0.421. The molecule has 0 saturated heterocycles. The Morgan fingerprint density at radius 2 is 1.92 bits per heavy atom. The van der Waals surface area contributed by atoms with E-state index in [1.807, 2.05) is 0 Å². The summed E-state index contributed by atoms with van der Waals surface area (Å²) in [7, 11) is 1.72. The Labute approximate surface area is 154 Å². The molecule has 130 valence electrons. The van der Waals surface area contributed by atoms with Crippen LogP contribution in [-0.4, -0.2) is 30.3 Å². The van der Waals surface area contributed by atoms with Crippen LogP contribution in [-0.2, 0) is 4.74 Å². The highest BCUT2D eigenvalue weighted by atomic mass is 32.1. The Morgan fingerprint density at radius 3 is 2.46 bits per heavy atom. The summed E-state index contributed by atoms with van der Waals surface area (Å²) < 4.78 is 5.26. The number of methoxy groups -OCH3 is 1. The van der Waals surface area contributed by atoms with E-state index in [0.717, 1.165) is 17.3 Å². The number of hydrogen-bond donors (Lipinski definition) is 1. The second-order valence-electron chi connectivity index (χ2n) is 6.08. The monoisotopic (exact) mass is 362 g/mol. The molecule has 24 heavy (non-hydrogen) atoms. The molecule has 3 nitrogen and oxygen atoms in total. The molecule has 0 aliphatic rings. The summed E-state index contributed by atoms with van der Waals surface area (Å²) in [4.78, 5) is 3.48. The number of thiophene rings is 1. The van der Waals surface area contributed by atoms with E-state index in [2.05, 4.69) is 72.8 Å². The molecule has 0 radical (unpaired) electrons. The normalized spacial score (nSPS) is 12.2. The van der Waals surface area contributed by atoms with Gasteiger partial charge in [0, 0.05) is 24.2 Å². The number of nitrogens with zero attached hydrogens (tertiary/aromatic N) is 1. The standard InChI is InChI=1S/C19H26N2OS2/c1-14(2)16-7-9-17(10-8-16)20-19(23)21(11-12-22-4)15(3)18-6-5-13-24-18/h5-10,13-15H,11-12H2,1-4H3,(H,20,23)/t15-/m0/s1. The summed E-state index contributed by atoms with van der Waals surface area (Å²) in [6.45, 7) is 7.97. The molecule has 0 fully saturated rings. The Balaban J connectivity index is 2.09. The average Bonchev–Trinajstić information content (AvgIpc) is 3.10. The van der Waals surface area contributed by atoms with Gasteiger partial charge in [0.15, 0.2) is 5.11 Å². The van der Waals surface area contributed by atoms with Crippen molar-refractivity contribution >= 4 is 34.4 Å². The number of anilines is 1. The predicted molar refractivity (Wildman–Crippen MR) is 108 cm³/mol. The maximum absolute atomic E-state index is 5.67. The molecule has 0 unspecified atom stereocenters. The molecule has 0 bridgehead atoms. The summed E-state index contributed by atoms with van der Waals surface area (Å²) in [5.74, 6) is 0.531. The van der Waals surface area contributed by atoms with Crippen molar-refractivity contribution in [3.63, 3.8) is 0 Å². The molecule has 1 N–H and O–H groups in total. The molecule has 5 heteroatoms. The number of benzene rings is 1. The summed E-state index contributed by atoms with van der Waals surface area (Å²) in [6.07, 6.45) is 0. The first-order chi connectivity index (χ1) is 11.5. The Hall–Kier alpha value is -1.43. The number of hydrogen-bond acceptors (Lipinski definition) is 3. The second kappa shape index (κ2) is 9.16. The Kier molecular flexibility index (Phi) is 7.21. The summed E-state index contributed by atoms with van der Waals surface area (Å²) in [5, 5.41) is 6.19. The van der Waals surface area contributed by atoms with E-state index >= 15 is 0 Å². The molecular weight excluding hydrogens is 336 g/mol. The van der Waals surface area contributed by atoms with Gasteiger partial charge in [-0.2, -0.15) is 0 Å². The van der Waals surface area contributed by atoms with Crippen LogP contribution in [0, 0.1) is 0 Å². The molecule has 0 amide bonds. The van der Waals surface area contributed by atoms with E-state index < -0.39 is 0 Å². The lowest BCUT2D eigenvalue weighted by Gasteiger charge is -2.31. The van der Waals surface area contributed by atoms with Gasteiger partial charge in [0.25, 0.3) is 0 Å². The van der Waals surface area contributed by atoms with Crippen molar-refractivity contribution in [3.05, 3.63) is 52.2 Å². The van der Waals surface area contributed by atoms with Crippen LogP contribution >= 0.6 is 23.6 Å². The summed E-state index contributed by atoms with van der Waals surface area (Å²) in [6, 6.07) is 12.9. The highest BCUT2D eigenvalue weighted by Gasteiger charge is 2.19. The zero-order valence-electron chi connectivity index (χ0n) is 14.8. The van der Waals surface area contributed by atoms with Gasteiger partial charge in [0.2, 0.25) is 0 Å². The van der Waals surface area contributed by atoms with Gasteiger partial charge < -0.3 is 15.0 Å². The van der Waals surface area contributed by atoms with Crippen LogP contribution in [0.4, 0.5) is 5.69 Å². The smallest absolute Gasteiger partial charge is 0.174 e. The number of thiocarbonyl (C=S) groups is 1. The van der Waals surface area contributed by atoms with Gasteiger partial charge in [-0.05, 0) is 54.2 Å². The molecule has 2 rings (SSSR count). The molecule has 0 aliphatic heterocycles. The lowest BCUT2D eigenvalue weighted by molar-refractivity contribution is 0.166. The fourth-order valence-corrected chi connectivity index (χ4v) is 3.65. The maximum atomic E-state index is 5.67. The minimum Gasteiger partial charge on any atom is -0.383 e. The molecule has 1 atom stereocenters. The van der Waals surface area contributed by atoms with Gasteiger partial charge >= 0.3 is 0 Å². The molecule has 1 aromatic heterocycles. The number of nitrogens with one attached hydrogen (secondary N) is 1. The van der Waals surface area contributed by atoms with Crippen molar-refractivity contribution in [1.29, 1.82) is 0 Å². The zero-order valence-corrected chi connectivity index (χ0v) is 16.4. The number of ether oxygens (including phenoxy) is 1. The third-order valence-corrected chi connectivity index (χ3v) is 5.43. The quantitative estimate of drug-likeness (QED) is 0.678. The minimum atomic E-state index is 0.218. The topological polar surface area (TPSA) is 24.5 Å². The molecule has 1 heterocycles. The van der Waals surface area contributed by atoms with Crippen molar-refractivity contribution in [2.75, 3.05) is 25.6 Å². The second-order valence-corrected chi connectivity index (χ2v) is 7.45. The Bertz CT molecular complexity index is 623. The van der Waals surface area contributed by atoms with Crippen LogP contribution in [0.1, 0.15) is 43.2 Å². The highest BCUT2D eigenvalue weighted by Crippen LogP contribution is 2.25. The van der Waals surface area contributed by atoms with E-state index in [0.29, 0.717) is 12.5 Å². The van der Waals surface area contributed by atoms with Crippen LogP contribution in [0.25, 0.3) is 0 Å². The van der Waals surface area contributed by atoms with Crippen LogP contribution in [0.2, 0.25) is 0 Å². The maximum Gasteiger partial charge on any atom is 0.174 e. The first-order valence-corrected chi connectivity index (χ1v) is 9.51. The van der Waals surface area contributed by atoms with Crippen molar-refractivity contribution in [2.24, 2.45) is 0 Å². The van der Waals surface area contributed by atoms with Gasteiger partial charge in [-0.15, -0.1) is 11.3 Å². The molecule has 0 aliphatic carbocycles. The van der Waals surface area contributed by atoms with Crippen molar-refractivity contribution in [2.45, 2.75) is 32.7 Å². The van der Waals surface area contributed by atoms with Gasteiger partial charge in [-0.25, -0.2) is 0 Å². The lowest BCUT2D eigenvalue weighted by atomic mass is 10.0. The number of rotatable bonds is 7. The van der Waals surface area contributed by atoms with E-state index in [-0.39, 0.29) is 6.04 Å². The van der Waals surface area contributed by atoms with E-state index in [9.17, 15) is 0 Å². The molecule has 0 spiro atoms. The van der Waals surface area contributed by atoms with Crippen molar-refractivity contribution in [3.8, 4) is 0 Å². The third kappa shape index (κ3) is 5.03. The van der Waals surface area contributed by atoms with Gasteiger partial charge in [-0.3, -0.25) is 0 Å². The SMILES string of the molecule is COCCN(C(=S)Nc1ccc(C(C)C)cc1)[C@@H](C)c1cccs1. The first kappa shape index (κ1) is 18.9. The van der Waals surface area contributed by atoms with Crippen molar-refractivity contribution < 1.29 is 4.74 Å². The van der Waals surface area contributed by atoms with Gasteiger partial charge in [-0.1, -0.05) is 32.0 Å². The Morgan fingerprint density at radius 1 is 1.21 bits per heavy atom. The van der Waals surface area contributed by atoms with Crippen LogP contribution in [0.5, 0.6) is 0 Å². The van der Waals surface area contributed by atoms with Crippen LogP contribution < -0.4 is 5.32 Å². The zero-order chi connectivity index (χ0) is 17.5. The van der Waals surface area contributed by atoms with Crippen LogP contribution in [0.3, 0.4) is 0 Å². The summed E-state index contributed by atoms with van der Waals surface area (Å²) in [5.41, 5.74) is 2.35. The molecular formula is C19H26N2OS2. The average molecular weight is 363 g/mol. The lowest BCUT2D eigenvalue weighted by Crippen LogP contribution is -2.38. The first-order valence-electron chi connectivity index (χ1n) is 8.23. The third-order valence-electron chi connectivity index (χ3n) is 4.05. The predicted octanol–water partition coefficient (Wildman–Crippen LogP) is 5.28. The fourth-order valence-electron chi connectivity index (χ4n) is 2.49. The molecule has 1 aromatic carbocycles. The minimum absolute atomic E-state index is 0.218. The van der Waals surface area contributed by atoms with Gasteiger partial charge in [0.1, 0.15) is 0 Å². The van der Waals surface area contributed by atoms with Gasteiger partial charge in [0.05, 0.1) is 12.6 Å². The van der Waals surface area contributed by atoms with Crippen molar-refractivity contribution in [1.82, 2.24) is 4.90 Å². The molecule has 0 saturated carbocycles. The van der Waals surface area contributed by atoms with E-state index in [4.69, 9.17) is 17.0 Å². The molecule has 2 aromatic rings. The summed E-state index contributed by atoms with van der Waals surface area (Å²) >= 11 is 7.42.